The van der Waals surface area contributed by atoms with Gasteiger partial charge in [-0.3, -0.25) is 14.4 Å². The van der Waals surface area contributed by atoms with Crippen molar-refractivity contribution in [2.24, 2.45) is 5.92 Å². The highest BCUT2D eigenvalue weighted by Crippen LogP contribution is 2.42. The number of carbonyl (C=O) groups is 3. The van der Waals surface area contributed by atoms with Crippen LogP contribution in [-0.4, -0.2) is 44.9 Å². The molecule has 35 heavy (non-hydrogen) atoms. The van der Waals surface area contributed by atoms with Crippen LogP contribution in [0, 0.1) is 17.2 Å². The normalized spacial score (nSPS) is 17.2. The molecule has 0 spiro atoms. The lowest BCUT2D eigenvalue weighted by Crippen LogP contribution is -2.44. The molecule has 0 fully saturated rings. The van der Waals surface area contributed by atoms with Gasteiger partial charge in [0.15, 0.2) is 0 Å². The first-order chi connectivity index (χ1) is 16.8. The lowest BCUT2D eigenvalue weighted by atomic mass is 9.78. The van der Waals surface area contributed by atoms with E-state index in [0.29, 0.717) is 27.2 Å². The maximum atomic E-state index is 12.9. The van der Waals surface area contributed by atoms with E-state index < -0.39 is 23.7 Å². The first-order valence-electron chi connectivity index (χ1n) is 10.3. The van der Waals surface area contributed by atoms with Crippen molar-refractivity contribution >= 4 is 51.2 Å². The van der Waals surface area contributed by atoms with E-state index in [0.717, 1.165) is 11.8 Å². The Morgan fingerprint density at radius 3 is 2.43 bits per heavy atom. The van der Waals surface area contributed by atoms with E-state index in [4.69, 9.17) is 14.2 Å². The molecule has 1 aliphatic heterocycles. The Balaban J connectivity index is 1.89. The number of hydrogen-bond donors (Lipinski definition) is 2. The molecule has 0 saturated heterocycles. The van der Waals surface area contributed by atoms with Crippen molar-refractivity contribution < 1.29 is 28.6 Å². The molecule has 0 aliphatic carbocycles. The average molecular weight is 560 g/mol. The van der Waals surface area contributed by atoms with Gasteiger partial charge in [0.1, 0.15) is 17.4 Å². The number of nitrogens with zero attached hydrogens (tertiary/aromatic N) is 1. The molecule has 2 aromatic rings. The molecule has 1 heterocycles. The molecule has 0 unspecified atom stereocenters. The smallest absolute Gasteiger partial charge is 0.319 e. The molecule has 2 amide bonds. The van der Waals surface area contributed by atoms with Gasteiger partial charge in [0.2, 0.25) is 11.8 Å². The third-order valence-electron chi connectivity index (χ3n) is 5.24. The molecule has 0 bridgehead atoms. The predicted molar refractivity (Wildman–Crippen MR) is 134 cm³/mol. The maximum Gasteiger partial charge on any atom is 0.319 e. The van der Waals surface area contributed by atoms with E-state index in [9.17, 15) is 19.6 Å². The Morgan fingerprint density at radius 2 is 1.86 bits per heavy atom. The number of rotatable bonds is 8. The van der Waals surface area contributed by atoms with Crippen LogP contribution in [0.2, 0.25) is 0 Å². The highest BCUT2D eigenvalue weighted by atomic mass is 79.9. The maximum absolute atomic E-state index is 12.9. The highest BCUT2D eigenvalue weighted by Gasteiger charge is 2.44. The van der Waals surface area contributed by atoms with Gasteiger partial charge in [-0.25, -0.2) is 0 Å². The lowest BCUT2D eigenvalue weighted by Gasteiger charge is -2.31. The fraction of sp³-hybridized carbons (Fsp3) is 0.250. The van der Waals surface area contributed by atoms with Crippen LogP contribution >= 0.6 is 27.7 Å². The minimum atomic E-state index is -1.27. The number of thioether (sulfide) groups is 1. The number of benzene rings is 2. The van der Waals surface area contributed by atoms with E-state index in [1.165, 1.54) is 14.2 Å². The van der Waals surface area contributed by atoms with Gasteiger partial charge in [0.05, 0.1) is 48.2 Å². The monoisotopic (exact) mass is 559 g/mol. The quantitative estimate of drug-likeness (QED) is 0.371. The van der Waals surface area contributed by atoms with Gasteiger partial charge in [-0.05, 0) is 57.9 Å². The summed E-state index contributed by atoms with van der Waals surface area (Å²) in [5.74, 6) is -2.77. The van der Waals surface area contributed by atoms with Crippen LogP contribution in [0.4, 0.5) is 5.69 Å². The molecule has 9 nitrogen and oxygen atoms in total. The second-order valence-electron chi connectivity index (χ2n) is 7.28. The van der Waals surface area contributed by atoms with Crippen LogP contribution in [0.1, 0.15) is 11.5 Å². The summed E-state index contributed by atoms with van der Waals surface area (Å²) in [6.45, 7) is 0. The summed E-state index contributed by atoms with van der Waals surface area (Å²) < 4.78 is 15.8. The van der Waals surface area contributed by atoms with Crippen LogP contribution in [0.25, 0.3) is 0 Å². The molecule has 0 aromatic heterocycles. The molecular weight excluding hydrogens is 538 g/mol. The van der Waals surface area contributed by atoms with Crippen LogP contribution in [0.15, 0.2) is 57.5 Å². The van der Waals surface area contributed by atoms with Gasteiger partial charge in [-0.2, -0.15) is 5.26 Å². The molecule has 2 N–H and O–H groups in total. The minimum absolute atomic E-state index is 0.0747. The van der Waals surface area contributed by atoms with E-state index >= 15 is 0 Å². The van der Waals surface area contributed by atoms with Crippen molar-refractivity contribution in [2.45, 2.75) is 5.92 Å². The van der Waals surface area contributed by atoms with Crippen LogP contribution in [0.3, 0.4) is 0 Å². The van der Waals surface area contributed by atoms with Crippen LogP contribution in [-0.2, 0) is 19.1 Å². The van der Waals surface area contributed by atoms with Gasteiger partial charge in [0.25, 0.3) is 0 Å². The number of methoxy groups -OCH3 is 3. The number of hydrogen-bond acceptors (Lipinski definition) is 8. The molecular formula is C24H22BrN3O6S. The number of esters is 1. The van der Waals surface area contributed by atoms with E-state index in [2.05, 4.69) is 32.6 Å². The zero-order valence-corrected chi connectivity index (χ0v) is 21.5. The Kier molecular flexibility index (Phi) is 8.78. The van der Waals surface area contributed by atoms with Crippen LogP contribution < -0.4 is 20.1 Å². The number of halogens is 1. The third kappa shape index (κ3) is 5.96. The lowest BCUT2D eigenvalue weighted by molar-refractivity contribution is -0.150. The molecule has 0 saturated carbocycles. The highest BCUT2D eigenvalue weighted by molar-refractivity contribution is 9.10. The Hall–Kier alpha value is -3.49. The van der Waals surface area contributed by atoms with Gasteiger partial charge in [0, 0.05) is 11.6 Å². The fourth-order valence-electron chi connectivity index (χ4n) is 3.56. The minimum Gasteiger partial charge on any atom is -0.497 e. The van der Waals surface area contributed by atoms with Crippen molar-refractivity contribution in [1.82, 2.24) is 5.32 Å². The number of carbonyl (C=O) groups excluding carboxylic acids is 3. The number of ether oxygens (including phenoxy) is 3. The second kappa shape index (κ2) is 11.8. The summed E-state index contributed by atoms with van der Waals surface area (Å²) in [5, 5.41) is 15.6. The van der Waals surface area contributed by atoms with Gasteiger partial charge in [-0.1, -0.05) is 17.8 Å². The number of allylic oxidation sites excluding steroid dienone is 1. The topological polar surface area (TPSA) is 127 Å². The summed E-state index contributed by atoms with van der Waals surface area (Å²) in [6, 6.07) is 14.0. The second-order valence-corrected chi connectivity index (χ2v) is 9.12. The van der Waals surface area contributed by atoms with Gasteiger partial charge >= 0.3 is 5.97 Å². The standard InChI is InChI=1S/C24H22BrN3O6S/c1-32-15-7-5-14(6-8-15)27-19(29)12-35-23-16(11-26)20(21(22(30)28-23)24(31)34-3)13-4-9-18(33-2)17(25)10-13/h4-10,20-21H,12H2,1-3H3,(H,27,29)(H,28,30)/t20-,21+/m1/s1. The van der Waals surface area contributed by atoms with Crippen molar-refractivity contribution in [2.75, 3.05) is 32.4 Å². The SMILES string of the molecule is COC(=O)[C@@H]1C(=O)NC(SCC(=O)Nc2ccc(OC)cc2)=C(C#N)[C@H]1c1ccc(OC)c(Br)c1. The summed E-state index contributed by atoms with van der Waals surface area (Å²) in [5.41, 5.74) is 1.27. The number of amides is 2. The molecule has 11 heteroatoms. The van der Waals surface area contributed by atoms with Crippen molar-refractivity contribution in [3.05, 3.63) is 63.1 Å². The van der Waals surface area contributed by atoms with Crippen molar-refractivity contribution in [3.63, 3.8) is 0 Å². The molecule has 3 rings (SSSR count). The summed E-state index contributed by atoms with van der Waals surface area (Å²) >= 11 is 4.40. The number of nitrogens with one attached hydrogen (secondary N) is 2. The van der Waals surface area contributed by atoms with E-state index in [1.54, 1.807) is 49.6 Å². The molecule has 0 radical (unpaired) electrons. The van der Waals surface area contributed by atoms with Crippen molar-refractivity contribution in [1.29, 1.82) is 5.26 Å². The zero-order valence-electron chi connectivity index (χ0n) is 19.1. The predicted octanol–water partition coefficient (Wildman–Crippen LogP) is 3.58. The van der Waals surface area contributed by atoms with E-state index in [1.807, 2.05) is 0 Å². The van der Waals surface area contributed by atoms with E-state index in [-0.39, 0.29) is 22.3 Å². The summed E-state index contributed by atoms with van der Waals surface area (Å²) in [4.78, 5) is 38.0. The Bertz CT molecular complexity index is 1210. The third-order valence-corrected chi connectivity index (χ3v) is 6.88. The largest absolute Gasteiger partial charge is 0.497 e. The van der Waals surface area contributed by atoms with Crippen LogP contribution in [0.5, 0.6) is 11.5 Å². The molecule has 182 valence electrons. The molecule has 2 atom stereocenters. The summed E-state index contributed by atoms with van der Waals surface area (Å²) in [6.07, 6.45) is 0. The van der Waals surface area contributed by atoms with Gasteiger partial charge < -0.3 is 24.8 Å². The Morgan fingerprint density at radius 1 is 1.14 bits per heavy atom. The van der Waals surface area contributed by atoms with Crippen molar-refractivity contribution in [3.8, 4) is 17.6 Å². The first-order valence-corrected chi connectivity index (χ1v) is 12.0. The van der Waals surface area contributed by atoms with Gasteiger partial charge in [-0.15, -0.1) is 0 Å². The number of nitriles is 1. The average Bonchev–Trinajstić information content (AvgIpc) is 2.86. The first kappa shape index (κ1) is 26.1. The number of anilines is 1. The zero-order chi connectivity index (χ0) is 25.5. The fourth-order valence-corrected chi connectivity index (χ4v) is 4.97. The molecule has 1 aliphatic rings. The molecule has 2 aromatic carbocycles. The summed E-state index contributed by atoms with van der Waals surface area (Å²) in [7, 11) is 4.24. The Labute approximate surface area is 214 Å².